The molecule has 0 atom stereocenters. The lowest BCUT2D eigenvalue weighted by atomic mass is 10.2. The Hall–Kier alpha value is -1.71. The molecule has 0 aliphatic carbocycles. The maximum atomic E-state index is 11.4. The van der Waals surface area contributed by atoms with Crippen molar-refractivity contribution in [2.24, 2.45) is 11.0 Å². The van der Waals surface area contributed by atoms with Crippen LogP contribution in [0, 0.1) is 5.92 Å². The van der Waals surface area contributed by atoms with Crippen molar-refractivity contribution in [1.29, 1.82) is 0 Å². The van der Waals surface area contributed by atoms with E-state index in [1.807, 2.05) is 0 Å². The van der Waals surface area contributed by atoms with Crippen molar-refractivity contribution < 1.29 is 4.79 Å². The third kappa shape index (κ3) is 4.35. The third-order valence-corrected chi connectivity index (χ3v) is 1.78. The van der Waals surface area contributed by atoms with E-state index in [4.69, 9.17) is 0 Å². The van der Waals surface area contributed by atoms with Crippen LogP contribution in [-0.2, 0) is 0 Å². The van der Waals surface area contributed by atoms with Crippen LogP contribution < -0.4 is 5.43 Å². The van der Waals surface area contributed by atoms with Gasteiger partial charge in [0.1, 0.15) is 0 Å². The molecule has 0 aliphatic rings. The van der Waals surface area contributed by atoms with E-state index in [1.165, 1.54) is 0 Å². The van der Waals surface area contributed by atoms with Crippen LogP contribution in [0.3, 0.4) is 0 Å². The molecule has 0 fully saturated rings. The van der Waals surface area contributed by atoms with E-state index in [-0.39, 0.29) is 5.91 Å². The highest BCUT2D eigenvalue weighted by Crippen LogP contribution is 1.96. The molecule has 4 heteroatoms. The number of carbonyl (C=O) groups excluding carboxylic acids is 1. The van der Waals surface area contributed by atoms with Crippen molar-refractivity contribution in [3.8, 4) is 0 Å². The summed E-state index contributed by atoms with van der Waals surface area (Å²) in [5.41, 5.74) is 3.02. The molecule has 0 saturated carbocycles. The number of nitrogens with one attached hydrogen (secondary N) is 1. The third-order valence-electron chi connectivity index (χ3n) is 1.78. The molecule has 1 heterocycles. The van der Waals surface area contributed by atoms with Gasteiger partial charge in [-0.15, -0.1) is 0 Å². The van der Waals surface area contributed by atoms with E-state index < -0.39 is 0 Å². The summed E-state index contributed by atoms with van der Waals surface area (Å²) in [4.78, 5) is 15.3. The summed E-state index contributed by atoms with van der Waals surface area (Å²) >= 11 is 0. The summed E-state index contributed by atoms with van der Waals surface area (Å²) in [5.74, 6) is 0.337. The smallest absolute Gasteiger partial charge is 0.267 e. The maximum absolute atomic E-state index is 11.4. The molecule has 1 aromatic heterocycles. The zero-order valence-corrected chi connectivity index (χ0v) is 8.97. The lowest BCUT2D eigenvalue weighted by molar-refractivity contribution is 0.0955. The van der Waals surface area contributed by atoms with Crippen molar-refractivity contribution >= 4 is 12.1 Å². The first kappa shape index (κ1) is 11.4. The Labute approximate surface area is 89.4 Å². The van der Waals surface area contributed by atoms with Gasteiger partial charge in [-0.2, -0.15) is 5.10 Å². The zero-order chi connectivity index (χ0) is 11.1. The molecule has 0 spiro atoms. The average Bonchev–Trinajstić information content (AvgIpc) is 2.25. The molecule has 0 aliphatic heterocycles. The molecule has 0 unspecified atom stereocenters. The molecule has 1 aromatic rings. The molecule has 0 saturated heterocycles. The highest BCUT2D eigenvalue weighted by Gasteiger charge is 2.01. The molecule has 80 valence electrons. The minimum Gasteiger partial charge on any atom is -0.267 e. The minimum absolute atomic E-state index is 0.211. The fourth-order valence-corrected chi connectivity index (χ4v) is 0.936. The van der Waals surface area contributed by atoms with Crippen LogP contribution in [0.25, 0.3) is 0 Å². The van der Waals surface area contributed by atoms with Gasteiger partial charge in [-0.05, 0) is 24.5 Å². The summed E-state index contributed by atoms with van der Waals surface area (Å²) < 4.78 is 0. The first-order valence-corrected chi connectivity index (χ1v) is 4.92. The molecule has 1 amide bonds. The second kappa shape index (κ2) is 5.90. The van der Waals surface area contributed by atoms with Crippen molar-refractivity contribution in [3.05, 3.63) is 30.1 Å². The molecule has 0 radical (unpaired) electrons. The first-order chi connectivity index (χ1) is 7.20. The molecule has 4 nitrogen and oxygen atoms in total. The number of hydrazone groups is 1. The number of pyridine rings is 1. The summed E-state index contributed by atoms with van der Waals surface area (Å²) in [6.07, 6.45) is 5.72. The van der Waals surface area contributed by atoms with Gasteiger partial charge in [-0.25, -0.2) is 5.43 Å². The van der Waals surface area contributed by atoms with E-state index in [1.54, 1.807) is 30.7 Å². The Bertz CT molecular complexity index is 333. The van der Waals surface area contributed by atoms with Gasteiger partial charge in [0, 0.05) is 24.2 Å². The van der Waals surface area contributed by atoms with Gasteiger partial charge in [-0.1, -0.05) is 13.8 Å². The van der Waals surface area contributed by atoms with Crippen LogP contribution in [-0.4, -0.2) is 17.1 Å². The van der Waals surface area contributed by atoms with Crippen molar-refractivity contribution in [2.75, 3.05) is 0 Å². The van der Waals surface area contributed by atoms with Gasteiger partial charge in [0.2, 0.25) is 0 Å². The van der Waals surface area contributed by atoms with Gasteiger partial charge in [-0.3, -0.25) is 9.78 Å². The highest BCUT2D eigenvalue weighted by molar-refractivity contribution is 5.94. The molecule has 1 rings (SSSR count). The summed E-state index contributed by atoms with van der Waals surface area (Å²) in [6.45, 7) is 4.19. The molecule has 1 N–H and O–H groups in total. The number of rotatable bonds is 4. The predicted octanol–water partition coefficient (Wildman–Crippen LogP) is 1.84. The monoisotopic (exact) mass is 205 g/mol. The molecule has 15 heavy (non-hydrogen) atoms. The van der Waals surface area contributed by atoms with Crippen molar-refractivity contribution in [2.45, 2.75) is 20.3 Å². The quantitative estimate of drug-likeness (QED) is 0.602. The molecule has 0 bridgehead atoms. The SMILES string of the molecule is CC(C)C/C=N\NC(=O)c1ccncc1. The fraction of sp³-hybridized carbons (Fsp3) is 0.364. The number of aromatic nitrogens is 1. The second-order valence-electron chi connectivity index (χ2n) is 3.62. The van der Waals surface area contributed by atoms with E-state index in [9.17, 15) is 4.79 Å². The van der Waals surface area contributed by atoms with Crippen molar-refractivity contribution in [1.82, 2.24) is 10.4 Å². The van der Waals surface area contributed by atoms with E-state index >= 15 is 0 Å². The number of hydrogen-bond donors (Lipinski definition) is 1. The topological polar surface area (TPSA) is 54.4 Å². The fourth-order valence-electron chi connectivity index (χ4n) is 0.936. The molecule has 0 aromatic carbocycles. The lowest BCUT2D eigenvalue weighted by Crippen LogP contribution is -2.17. The standard InChI is InChI=1S/C11H15N3O/c1-9(2)3-8-13-14-11(15)10-4-6-12-7-5-10/h4-9H,3H2,1-2H3,(H,14,15)/b13-8-. The Morgan fingerprint density at radius 1 is 1.53 bits per heavy atom. The van der Waals surface area contributed by atoms with Crippen LogP contribution >= 0.6 is 0 Å². The molecular formula is C11H15N3O. The van der Waals surface area contributed by atoms with Gasteiger partial charge in [0.25, 0.3) is 5.91 Å². The van der Waals surface area contributed by atoms with Gasteiger partial charge < -0.3 is 0 Å². The Morgan fingerprint density at radius 2 is 2.20 bits per heavy atom. The summed E-state index contributed by atoms with van der Waals surface area (Å²) in [5, 5.41) is 3.84. The first-order valence-electron chi connectivity index (χ1n) is 4.92. The number of nitrogens with zero attached hydrogens (tertiary/aromatic N) is 2. The zero-order valence-electron chi connectivity index (χ0n) is 8.97. The van der Waals surface area contributed by atoms with E-state index in [0.29, 0.717) is 11.5 Å². The number of hydrogen-bond acceptors (Lipinski definition) is 3. The summed E-state index contributed by atoms with van der Waals surface area (Å²) in [7, 11) is 0. The largest absolute Gasteiger partial charge is 0.271 e. The van der Waals surface area contributed by atoms with Gasteiger partial charge in [0.15, 0.2) is 0 Å². The van der Waals surface area contributed by atoms with E-state index in [0.717, 1.165) is 6.42 Å². The minimum atomic E-state index is -0.211. The van der Waals surface area contributed by atoms with Gasteiger partial charge in [0.05, 0.1) is 0 Å². The average molecular weight is 205 g/mol. The van der Waals surface area contributed by atoms with Crippen LogP contribution in [0.15, 0.2) is 29.6 Å². The lowest BCUT2D eigenvalue weighted by Gasteiger charge is -1.99. The molecular weight excluding hydrogens is 190 g/mol. The van der Waals surface area contributed by atoms with Crippen LogP contribution in [0.5, 0.6) is 0 Å². The Balaban J connectivity index is 2.40. The van der Waals surface area contributed by atoms with Crippen LogP contribution in [0.4, 0.5) is 0 Å². The van der Waals surface area contributed by atoms with Crippen LogP contribution in [0.2, 0.25) is 0 Å². The normalized spacial score (nSPS) is 10.9. The Morgan fingerprint density at radius 3 is 2.80 bits per heavy atom. The maximum Gasteiger partial charge on any atom is 0.271 e. The summed E-state index contributed by atoms with van der Waals surface area (Å²) in [6, 6.07) is 3.29. The van der Waals surface area contributed by atoms with Crippen molar-refractivity contribution in [3.63, 3.8) is 0 Å². The second-order valence-corrected chi connectivity index (χ2v) is 3.62. The number of amides is 1. The Kier molecular flexibility index (Phi) is 4.47. The van der Waals surface area contributed by atoms with E-state index in [2.05, 4.69) is 29.4 Å². The highest BCUT2D eigenvalue weighted by atomic mass is 16.2. The number of carbonyl (C=O) groups is 1. The van der Waals surface area contributed by atoms with Gasteiger partial charge >= 0.3 is 0 Å². The predicted molar refractivity (Wildman–Crippen MR) is 59.7 cm³/mol. The van der Waals surface area contributed by atoms with Crippen LogP contribution in [0.1, 0.15) is 30.6 Å².